The Morgan fingerprint density at radius 1 is 0.327 bits per heavy atom. The first kappa shape index (κ1) is 30.2. The van der Waals surface area contributed by atoms with Gasteiger partial charge in [-0.05, 0) is 93.9 Å². The molecular weight excluding hydrogens is 591 g/mol. The van der Waals surface area contributed by atoms with E-state index < -0.39 is 0 Å². The minimum atomic E-state index is 1.10. The summed E-state index contributed by atoms with van der Waals surface area (Å²) in [5.74, 6) is 0. The highest BCUT2D eigenvalue weighted by Gasteiger charge is 2.19. The number of hydrogen-bond acceptors (Lipinski definition) is 1. The smallest absolute Gasteiger partial charge is 0.0546 e. The van der Waals surface area contributed by atoms with Crippen LogP contribution in [0.1, 0.15) is 11.1 Å². The van der Waals surface area contributed by atoms with Gasteiger partial charge in [-0.15, -0.1) is 0 Å². The second-order valence-corrected chi connectivity index (χ2v) is 12.8. The van der Waals surface area contributed by atoms with E-state index >= 15 is 0 Å². The van der Waals surface area contributed by atoms with Gasteiger partial charge in [-0.1, -0.05) is 169 Å². The molecule has 0 aliphatic heterocycles. The summed E-state index contributed by atoms with van der Waals surface area (Å²) >= 11 is 0. The molecule has 0 radical (unpaired) electrons. The molecule has 0 spiro atoms. The molecule has 0 saturated heterocycles. The number of rotatable bonds is 7. The van der Waals surface area contributed by atoms with Crippen molar-refractivity contribution in [3.8, 4) is 44.5 Å². The van der Waals surface area contributed by atoms with E-state index in [0.29, 0.717) is 0 Å². The minimum absolute atomic E-state index is 1.10. The van der Waals surface area contributed by atoms with Crippen molar-refractivity contribution in [2.75, 3.05) is 4.90 Å². The Hall–Kier alpha value is -6.18. The molecule has 0 aliphatic carbocycles. The van der Waals surface area contributed by atoms with Gasteiger partial charge in [0.1, 0.15) is 0 Å². The van der Waals surface area contributed by atoms with E-state index in [1.165, 1.54) is 66.4 Å². The molecule has 0 heterocycles. The fourth-order valence-electron chi connectivity index (χ4n) is 7.03. The van der Waals surface area contributed by atoms with Crippen LogP contribution in [0.4, 0.5) is 17.1 Å². The summed E-state index contributed by atoms with van der Waals surface area (Å²) in [5, 5.41) is 2.51. The van der Waals surface area contributed by atoms with Crippen LogP contribution >= 0.6 is 0 Å². The van der Waals surface area contributed by atoms with Gasteiger partial charge in [-0.2, -0.15) is 0 Å². The lowest BCUT2D eigenvalue weighted by Gasteiger charge is -2.29. The summed E-state index contributed by atoms with van der Waals surface area (Å²) in [6, 6.07) is 68.2. The zero-order valence-electron chi connectivity index (χ0n) is 27.8. The molecule has 8 aromatic rings. The summed E-state index contributed by atoms with van der Waals surface area (Å²) in [4.78, 5) is 2.42. The fraction of sp³-hybridized carbons (Fsp3) is 0.0417. The average Bonchev–Trinajstić information content (AvgIpc) is 3.15. The van der Waals surface area contributed by atoms with Gasteiger partial charge in [-0.3, -0.25) is 0 Å². The Balaban J connectivity index is 1.32. The van der Waals surface area contributed by atoms with Crippen LogP contribution in [0, 0.1) is 13.8 Å². The monoisotopic (exact) mass is 627 g/mol. The highest BCUT2D eigenvalue weighted by atomic mass is 15.1. The molecular formula is C48H37N. The summed E-state index contributed by atoms with van der Waals surface area (Å²) in [6.07, 6.45) is 0. The van der Waals surface area contributed by atoms with E-state index in [1.54, 1.807) is 0 Å². The van der Waals surface area contributed by atoms with Crippen molar-refractivity contribution in [3.63, 3.8) is 0 Å². The molecule has 234 valence electrons. The lowest BCUT2D eigenvalue weighted by molar-refractivity contribution is 1.28. The van der Waals surface area contributed by atoms with Crippen molar-refractivity contribution in [1.82, 2.24) is 0 Å². The Labute approximate surface area is 289 Å². The quantitative estimate of drug-likeness (QED) is 0.170. The summed E-state index contributed by atoms with van der Waals surface area (Å²) < 4.78 is 0. The van der Waals surface area contributed by atoms with E-state index in [-0.39, 0.29) is 0 Å². The van der Waals surface area contributed by atoms with E-state index in [9.17, 15) is 0 Å². The van der Waals surface area contributed by atoms with E-state index in [1.807, 2.05) is 0 Å². The van der Waals surface area contributed by atoms with Crippen LogP contribution in [0.3, 0.4) is 0 Å². The maximum atomic E-state index is 2.42. The first-order chi connectivity index (χ1) is 24.1. The van der Waals surface area contributed by atoms with Gasteiger partial charge < -0.3 is 4.90 Å². The van der Waals surface area contributed by atoms with Crippen LogP contribution in [0.2, 0.25) is 0 Å². The highest BCUT2D eigenvalue weighted by molar-refractivity contribution is 5.97. The van der Waals surface area contributed by atoms with Gasteiger partial charge in [0, 0.05) is 16.9 Å². The van der Waals surface area contributed by atoms with Gasteiger partial charge in [0.25, 0.3) is 0 Å². The van der Waals surface area contributed by atoms with Crippen molar-refractivity contribution in [3.05, 3.63) is 199 Å². The lowest BCUT2D eigenvalue weighted by atomic mass is 9.94. The Bertz CT molecular complexity index is 2350. The molecule has 0 fully saturated rings. The second-order valence-electron chi connectivity index (χ2n) is 12.8. The third-order valence-corrected chi connectivity index (χ3v) is 9.34. The van der Waals surface area contributed by atoms with Crippen LogP contribution in [0.25, 0.3) is 55.3 Å². The van der Waals surface area contributed by atoms with Crippen LogP contribution in [-0.4, -0.2) is 0 Å². The summed E-state index contributed by atoms with van der Waals surface area (Å²) in [5.41, 5.74) is 15.5. The molecule has 0 N–H and O–H groups in total. The van der Waals surface area contributed by atoms with Crippen LogP contribution < -0.4 is 4.90 Å². The van der Waals surface area contributed by atoms with Crippen LogP contribution in [0.15, 0.2) is 188 Å². The van der Waals surface area contributed by atoms with Crippen molar-refractivity contribution in [2.45, 2.75) is 13.8 Å². The molecule has 0 unspecified atom stereocenters. The Morgan fingerprint density at radius 2 is 0.837 bits per heavy atom. The molecule has 0 aromatic heterocycles. The number of hydrogen-bond donors (Lipinski definition) is 0. The van der Waals surface area contributed by atoms with Crippen molar-refractivity contribution in [1.29, 1.82) is 0 Å². The van der Waals surface area contributed by atoms with E-state index in [2.05, 4.69) is 207 Å². The van der Waals surface area contributed by atoms with Crippen LogP contribution in [-0.2, 0) is 0 Å². The van der Waals surface area contributed by atoms with Crippen molar-refractivity contribution >= 4 is 27.8 Å². The van der Waals surface area contributed by atoms with Crippen molar-refractivity contribution in [2.24, 2.45) is 0 Å². The van der Waals surface area contributed by atoms with Gasteiger partial charge >= 0.3 is 0 Å². The molecule has 8 aromatic carbocycles. The molecule has 0 aliphatic rings. The molecule has 1 heteroatoms. The van der Waals surface area contributed by atoms with Crippen molar-refractivity contribution < 1.29 is 0 Å². The second kappa shape index (κ2) is 13.1. The SMILES string of the molecule is Cc1cc(C)cc(-c2ccc(-c3ccccc3)cc2N(c2ccc(-c3ccccc3)cc2)c2ccc(-c3cccc4ccccc34)cc2)c1. The molecule has 49 heavy (non-hydrogen) atoms. The van der Waals surface area contributed by atoms with Gasteiger partial charge in [-0.25, -0.2) is 0 Å². The molecule has 1 nitrogen and oxygen atoms in total. The molecule has 8 rings (SSSR count). The number of fused-ring (bicyclic) bond motifs is 1. The predicted molar refractivity (Wildman–Crippen MR) is 210 cm³/mol. The zero-order chi connectivity index (χ0) is 33.2. The average molecular weight is 628 g/mol. The Morgan fingerprint density at radius 3 is 1.49 bits per heavy atom. The summed E-state index contributed by atoms with van der Waals surface area (Å²) in [6.45, 7) is 4.36. The molecule has 0 amide bonds. The standard InChI is InChI=1S/C48H37N/c1-34-30-35(2)32-42(31-34)47-29-24-41(37-14-7-4-8-15-37)33-48(47)49(43-25-20-38(21-26-43)36-12-5-3-6-13-36)44-27-22-40(23-28-44)46-19-11-17-39-16-9-10-18-45(39)46/h3-33H,1-2H3. The summed E-state index contributed by atoms with van der Waals surface area (Å²) in [7, 11) is 0. The predicted octanol–water partition coefficient (Wildman–Crippen LogP) is 13.6. The number of benzene rings is 8. The maximum absolute atomic E-state index is 2.42. The van der Waals surface area contributed by atoms with E-state index in [4.69, 9.17) is 0 Å². The van der Waals surface area contributed by atoms with Gasteiger partial charge in [0.2, 0.25) is 0 Å². The van der Waals surface area contributed by atoms with Gasteiger partial charge in [0.15, 0.2) is 0 Å². The molecule has 0 atom stereocenters. The molecule has 0 saturated carbocycles. The third kappa shape index (κ3) is 6.15. The maximum Gasteiger partial charge on any atom is 0.0546 e. The van der Waals surface area contributed by atoms with Gasteiger partial charge in [0.05, 0.1) is 5.69 Å². The highest BCUT2D eigenvalue weighted by Crippen LogP contribution is 2.44. The lowest BCUT2D eigenvalue weighted by Crippen LogP contribution is -2.11. The first-order valence-corrected chi connectivity index (χ1v) is 16.9. The number of aryl methyl sites for hydroxylation is 2. The third-order valence-electron chi connectivity index (χ3n) is 9.34. The first-order valence-electron chi connectivity index (χ1n) is 16.9. The normalized spacial score (nSPS) is 11.1. The largest absolute Gasteiger partial charge is 0.310 e. The van der Waals surface area contributed by atoms with E-state index in [0.717, 1.165) is 17.1 Å². The number of nitrogens with zero attached hydrogens (tertiary/aromatic N) is 1. The minimum Gasteiger partial charge on any atom is -0.310 e. The molecule has 0 bridgehead atoms. The zero-order valence-corrected chi connectivity index (χ0v) is 27.8. The topological polar surface area (TPSA) is 3.24 Å². The number of anilines is 3. The Kier molecular flexibility index (Phi) is 8.09. The van der Waals surface area contributed by atoms with Crippen LogP contribution in [0.5, 0.6) is 0 Å². The fourth-order valence-corrected chi connectivity index (χ4v) is 7.03.